The van der Waals surface area contributed by atoms with E-state index in [9.17, 15) is 4.79 Å². The van der Waals surface area contributed by atoms with Gasteiger partial charge in [0.15, 0.2) is 0 Å². The summed E-state index contributed by atoms with van der Waals surface area (Å²) >= 11 is 0. The average Bonchev–Trinajstić information content (AvgIpc) is 2.72. The minimum Gasteiger partial charge on any atom is -0.356 e. The van der Waals surface area contributed by atoms with E-state index in [4.69, 9.17) is 0 Å². The molecule has 5 nitrogen and oxygen atoms in total. The minimum atomic E-state index is 0.122. The summed E-state index contributed by atoms with van der Waals surface area (Å²) < 4.78 is 0. The van der Waals surface area contributed by atoms with Crippen LogP contribution < -0.4 is 10.2 Å². The molecule has 0 aliphatic carbocycles. The largest absolute Gasteiger partial charge is 0.356 e. The van der Waals surface area contributed by atoms with E-state index in [1.807, 2.05) is 30.6 Å². The van der Waals surface area contributed by atoms with Crippen LogP contribution in [0.15, 0.2) is 42.7 Å². The fraction of sp³-hybridized carbons (Fsp3) is 0.476. The fourth-order valence-corrected chi connectivity index (χ4v) is 3.34. The van der Waals surface area contributed by atoms with Gasteiger partial charge in [0.2, 0.25) is 11.9 Å². The standard InChI is InChI=1S/C21H28N4O/c1-2-3-7-12-22-20(26)18-10-13-25(14-11-18)21-23-15-19(16-24-21)17-8-5-4-6-9-17/h4-6,8-9,15-16,18H,2-3,7,10-14H2,1H3,(H,22,26). The molecule has 1 saturated heterocycles. The Balaban J connectivity index is 1.49. The molecule has 2 heterocycles. The van der Waals surface area contributed by atoms with Crippen molar-refractivity contribution in [1.82, 2.24) is 15.3 Å². The fourth-order valence-electron chi connectivity index (χ4n) is 3.34. The lowest BCUT2D eigenvalue weighted by Crippen LogP contribution is -2.41. The van der Waals surface area contributed by atoms with E-state index in [0.29, 0.717) is 0 Å². The molecule has 138 valence electrons. The lowest BCUT2D eigenvalue weighted by Gasteiger charge is -2.31. The molecule has 0 radical (unpaired) electrons. The lowest BCUT2D eigenvalue weighted by atomic mass is 9.96. The third-order valence-corrected chi connectivity index (χ3v) is 4.97. The molecule has 1 fully saturated rings. The minimum absolute atomic E-state index is 0.122. The van der Waals surface area contributed by atoms with Crippen molar-refractivity contribution < 1.29 is 4.79 Å². The average molecular weight is 352 g/mol. The maximum absolute atomic E-state index is 12.2. The molecule has 1 aliphatic rings. The van der Waals surface area contributed by atoms with Gasteiger partial charge in [-0.25, -0.2) is 9.97 Å². The zero-order chi connectivity index (χ0) is 18.2. The van der Waals surface area contributed by atoms with E-state index in [2.05, 4.69) is 39.2 Å². The molecular formula is C21H28N4O. The van der Waals surface area contributed by atoms with Crippen LogP contribution in [0.2, 0.25) is 0 Å². The van der Waals surface area contributed by atoms with Crippen LogP contribution in [0.3, 0.4) is 0 Å². The smallest absolute Gasteiger partial charge is 0.225 e. The number of benzene rings is 1. The number of anilines is 1. The monoisotopic (exact) mass is 352 g/mol. The van der Waals surface area contributed by atoms with Crippen molar-refractivity contribution in [1.29, 1.82) is 0 Å². The molecule has 26 heavy (non-hydrogen) atoms. The highest BCUT2D eigenvalue weighted by Crippen LogP contribution is 2.23. The summed E-state index contributed by atoms with van der Waals surface area (Å²) in [5.74, 6) is 1.09. The maximum atomic E-state index is 12.2. The van der Waals surface area contributed by atoms with E-state index < -0.39 is 0 Å². The Morgan fingerprint density at radius 1 is 1.08 bits per heavy atom. The van der Waals surface area contributed by atoms with Gasteiger partial charge < -0.3 is 10.2 Å². The molecule has 0 spiro atoms. The van der Waals surface area contributed by atoms with Gasteiger partial charge in [-0.15, -0.1) is 0 Å². The number of aromatic nitrogens is 2. The SMILES string of the molecule is CCCCCNC(=O)C1CCN(c2ncc(-c3ccccc3)cn2)CC1. The Kier molecular flexibility index (Phi) is 6.58. The quantitative estimate of drug-likeness (QED) is 0.773. The van der Waals surface area contributed by atoms with Crippen molar-refractivity contribution in [3.8, 4) is 11.1 Å². The molecule has 1 N–H and O–H groups in total. The van der Waals surface area contributed by atoms with Crippen molar-refractivity contribution in [2.24, 2.45) is 5.92 Å². The molecule has 3 rings (SSSR count). The highest BCUT2D eigenvalue weighted by molar-refractivity contribution is 5.78. The summed E-state index contributed by atoms with van der Waals surface area (Å²) in [5.41, 5.74) is 2.15. The van der Waals surface area contributed by atoms with Gasteiger partial charge in [0, 0.05) is 43.5 Å². The molecule has 1 aromatic heterocycles. The van der Waals surface area contributed by atoms with E-state index in [-0.39, 0.29) is 11.8 Å². The second-order valence-electron chi connectivity index (χ2n) is 6.90. The number of carbonyl (C=O) groups is 1. The van der Waals surface area contributed by atoms with Crippen LogP contribution >= 0.6 is 0 Å². The van der Waals surface area contributed by atoms with Crippen molar-refractivity contribution in [2.45, 2.75) is 39.0 Å². The molecule has 5 heteroatoms. The van der Waals surface area contributed by atoms with Crippen LogP contribution in [-0.2, 0) is 4.79 Å². The second-order valence-corrected chi connectivity index (χ2v) is 6.90. The van der Waals surface area contributed by atoms with Crippen molar-refractivity contribution in [3.05, 3.63) is 42.7 Å². The normalized spacial score (nSPS) is 15.0. The Bertz CT molecular complexity index is 679. The molecule has 0 unspecified atom stereocenters. The molecule has 1 aromatic carbocycles. The van der Waals surface area contributed by atoms with Gasteiger partial charge in [0.05, 0.1) is 0 Å². The lowest BCUT2D eigenvalue weighted by molar-refractivity contribution is -0.125. The van der Waals surface area contributed by atoms with Crippen molar-refractivity contribution in [3.63, 3.8) is 0 Å². The van der Waals surface area contributed by atoms with Crippen LogP contribution in [0, 0.1) is 5.92 Å². The molecule has 0 bridgehead atoms. The maximum Gasteiger partial charge on any atom is 0.225 e. The van der Waals surface area contributed by atoms with Gasteiger partial charge in [0.1, 0.15) is 0 Å². The Hall–Kier alpha value is -2.43. The summed E-state index contributed by atoms with van der Waals surface area (Å²) in [6, 6.07) is 10.2. The van der Waals surface area contributed by atoms with Gasteiger partial charge in [-0.1, -0.05) is 50.1 Å². The predicted molar refractivity (Wildman–Crippen MR) is 105 cm³/mol. The first kappa shape index (κ1) is 18.4. The molecule has 2 aromatic rings. The van der Waals surface area contributed by atoms with E-state index in [0.717, 1.165) is 56.0 Å². The van der Waals surface area contributed by atoms with Gasteiger partial charge in [0.25, 0.3) is 0 Å². The Morgan fingerprint density at radius 2 is 1.77 bits per heavy atom. The van der Waals surface area contributed by atoms with Gasteiger partial charge in [-0.3, -0.25) is 4.79 Å². The van der Waals surface area contributed by atoms with E-state index >= 15 is 0 Å². The molecule has 0 saturated carbocycles. The number of piperidine rings is 1. The first-order valence-corrected chi connectivity index (χ1v) is 9.68. The highest BCUT2D eigenvalue weighted by Gasteiger charge is 2.25. The van der Waals surface area contributed by atoms with Gasteiger partial charge in [-0.2, -0.15) is 0 Å². The number of carbonyl (C=O) groups excluding carboxylic acids is 1. The van der Waals surface area contributed by atoms with E-state index in [1.54, 1.807) is 0 Å². The third kappa shape index (κ3) is 4.81. The Morgan fingerprint density at radius 3 is 2.42 bits per heavy atom. The van der Waals surface area contributed by atoms with Crippen LogP contribution in [0.4, 0.5) is 5.95 Å². The number of nitrogens with one attached hydrogen (secondary N) is 1. The number of nitrogens with zero attached hydrogens (tertiary/aromatic N) is 3. The van der Waals surface area contributed by atoms with Crippen LogP contribution in [0.5, 0.6) is 0 Å². The topological polar surface area (TPSA) is 58.1 Å². The van der Waals surface area contributed by atoms with Crippen LogP contribution in [0.1, 0.15) is 39.0 Å². The third-order valence-electron chi connectivity index (χ3n) is 4.97. The number of hydrogen-bond acceptors (Lipinski definition) is 4. The Labute approximate surface area is 155 Å². The number of unbranched alkanes of at least 4 members (excludes halogenated alkanes) is 2. The van der Waals surface area contributed by atoms with Crippen molar-refractivity contribution >= 4 is 11.9 Å². The highest BCUT2D eigenvalue weighted by atomic mass is 16.1. The summed E-state index contributed by atoms with van der Waals surface area (Å²) in [4.78, 5) is 23.5. The first-order chi connectivity index (χ1) is 12.8. The summed E-state index contributed by atoms with van der Waals surface area (Å²) in [6.07, 6.45) is 8.91. The molecular weight excluding hydrogens is 324 g/mol. The molecule has 1 aliphatic heterocycles. The summed E-state index contributed by atoms with van der Waals surface area (Å²) in [7, 11) is 0. The summed E-state index contributed by atoms with van der Waals surface area (Å²) in [6.45, 7) is 4.64. The van der Waals surface area contributed by atoms with Crippen LogP contribution in [-0.4, -0.2) is 35.5 Å². The van der Waals surface area contributed by atoms with Crippen LogP contribution in [0.25, 0.3) is 11.1 Å². The van der Waals surface area contributed by atoms with E-state index in [1.165, 1.54) is 12.8 Å². The number of hydrogen-bond donors (Lipinski definition) is 1. The number of rotatable bonds is 7. The van der Waals surface area contributed by atoms with Gasteiger partial charge >= 0.3 is 0 Å². The second kappa shape index (κ2) is 9.32. The molecule has 1 amide bonds. The zero-order valence-electron chi connectivity index (χ0n) is 15.5. The molecule has 0 atom stereocenters. The summed E-state index contributed by atoms with van der Waals surface area (Å²) in [5, 5.41) is 3.08. The zero-order valence-corrected chi connectivity index (χ0v) is 15.5. The predicted octanol–water partition coefficient (Wildman–Crippen LogP) is 3.67. The van der Waals surface area contributed by atoms with Crippen molar-refractivity contribution in [2.75, 3.05) is 24.5 Å². The first-order valence-electron chi connectivity index (χ1n) is 9.68. The van der Waals surface area contributed by atoms with Gasteiger partial charge in [-0.05, 0) is 24.8 Å². The number of amides is 1.